The van der Waals surface area contributed by atoms with Crippen LogP contribution in [0, 0.1) is 0 Å². The number of nitrogens with zero attached hydrogens (tertiary/aromatic N) is 3. The van der Waals surface area contributed by atoms with Gasteiger partial charge in [-0.05, 0) is 25.5 Å². The van der Waals surface area contributed by atoms with Gasteiger partial charge in [-0.25, -0.2) is 0 Å². The van der Waals surface area contributed by atoms with Crippen molar-refractivity contribution in [3.8, 4) is 0 Å². The summed E-state index contributed by atoms with van der Waals surface area (Å²) in [6, 6.07) is 2.15. The van der Waals surface area contributed by atoms with Crippen molar-refractivity contribution in [2.24, 2.45) is 0 Å². The van der Waals surface area contributed by atoms with Gasteiger partial charge in [0.15, 0.2) is 0 Å². The number of carbonyl (C=O) groups is 1. The summed E-state index contributed by atoms with van der Waals surface area (Å²) in [7, 11) is 1.76. The van der Waals surface area contributed by atoms with Crippen LogP contribution < -0.4 is 5.32 Å². The van der Waals surface area contributed by atoms with E-state index in [1.54, 1.807) is 24.1 Å². The Balaban J connectivity index is 2.04. The third kappa shape index (κ3) is 2.79. The van der Waals surface area contributed by atoms with Crippen LogP contribution in [0.25, 0.3) is 0 Å². The van der Waals surface area contributed by atoms with Crippen LogP contribution in [-0.4, -0.2) is 47.3 Å². The summed E-state index contributed by atoms with van der Waals surface area (Å²) < 4.78 is 1.90. The molecule has 18 heavy (non-hydrogen) atoms. The quantitative estimate of drug-likeness (QED) is 0.811. The van der Waals surface area contributed by atoms with E-state index in [4.69, 9.17) is 0 Å². The number of piperidine rings is 1. The smallest absolute Gasteiger partial charge is 0.274 e. The number of hydrogen-bond acceptors (Lipinski definition) is 3. The first kappa shape index (κ1) is 12.8. The van der Waals surface area contributed by atoms with E-state index in [0.717, 1.165) is 25.9 Å². The van der Waals surface area contributed by atoms with Crippen molar-refractivity contribution in [3.63, 3.8) is 0 Å². The van der Waals surface area contributed by atoms with Gasteiger partial charge in [0.05, 0.1) is 6.04 Å². The minimum absolute atomic E-state index is 0.0579. The lowest BCUT2D eigenvalue weighted by Crippen LogP contribution is -2.32. The molecule has 0 aliphatic carbocycles. The van der Waals surface area contributed by atoms with Gasteiger partial charge in [0.2, 0.25) is 0 Å². The Morgan fingerprint density at radius 2 is 2.61 bits per heavy atom. The molecule has 1 amide bonds. The topological polar surface area (TPSA) is 50.2 Å². The molecule has 1 saturated heterocycles. The number of amides is 1. The summed E-state index contributed by atoms with van der Waals surface area (Å²) in [5, 5.41) is 7.73. The second-order valence-electron chi connectivity index (χ2n) is 4.66. The fourth-order valence-corrected chi connectivity index (χ4v) is 2.19. The molecular formula is C13H20N4O. The Labute approximate surface area is 107 Å². The third-order valence-corrected chi connectivity index (χ3v) is 3.22. The Bertz CT molecular complexity index is 420. The highest BCUT2D eigenvalue weighted by molar-refractivity contribution is 5.92. The summed E-state index contributed by atoms with van der Waals surface area (Å²) in [6.07, 6.45) is 5.88. The van der Waals surface area contributed by atoms with Gasteiger partial charge in [-0.1, -0.05) is 6.08 Å². The zero-order valence-electron chi connectivity index (χ0n) is 10.8. The second kappa shape index (κ2) is 5.82. The first-order valence-corrected chi connectivity index (χ1v) is 6.34. The van der Waals surface area contributed by atoms with E-state index in [2.05, 4.69) is 17.0 Å². The van der Waals surface area contributed by atoms with Crippen molar-refractivity contribution in [2.45, 2.75) is 18.9 Å². The molecule has 0 bridgehead atoms. The molecule has 0 saturated carbocycles. The van der Waals surface area contributed by atoms with E-state index in [1.165, 1.54) is 0 Å². The van der Waals surface area contributed by atoms with Crippen LogP contribution in [0.2, 0.25) is 0 Å². The number of rotatable bonds is 4. The number of aromatic nitrogens is 2. The molecule has 1 aromatic rings. The molecule has 1 aromatic heterocycles. The highest BCUT2D eigenvalue weighted by Crippen LogP contribution is 2.16. The predicted molar refractivity (Wildman–Crippen MR) is 70.5 cm³/mol. The molecule has 1 fully saturated rings. The molecule has 2 heterocycles. The highest BCUT2D eigenvalue weighted by Gasteiger charge is 2.18. The maximum absolute atomic E-state index is 12.0. The molecule has 1 aliphatic rings. The van der Waals surface area contributed by atoms with Crippen LogP contribution in [0.1, 0.15) is 29.4 Å². The number of likely N-dealkylation sites (N-methyl/N-ethyl adjacent to an activating group) is 1. The predicted octanol–water partition coefficient (Wildman–Crippen LogP) is 1.07. The van der Waals surface area contributed by atoms with Gasteiger partial charge in [-0.3, -0.25) is 9.48 Å². The molecule has 1 unspecified atom stereocenters. The highest BCUT2D eigenvalue weighted by atomic mass is 16.2. The lowest BCUT2D eigenvalue weighted by molar-refractivity contribution is 0.0803. The Hall–Kier alpha value is -1.62. The van der Waals surface area contributed by atoms with Crippen molar-refractivity contribution in [1.29, 1.82) is 0 Å². The van der Waals surface area contributed by atoms with Gasteiger partial charge in [0, 0.05) is 26.3 Å². The van der Waals surface area contributed by atoms with Gasteiger partial charge in [-0.15, -0.1) is 6.58 Å². The fourth-order valence-electron chi connectivity index (χ4n) is 2.19. The molecule has 1 aliphatic heterocycles. The van der Waals surface area contributed by atoms with E-state index in [1.807, 2.05) is 10.9 Å². The zero-order valence-corrected chi connectivity index (χ0v) is 10.8. The molecule has 0 aromatic carbocycles. The van der Waals surface area contributed by atoms with Gasteiger partial charge in [0.1, 0.15) is 5.69 Å². The second-order valence-corrected chi connectivity index (χ2v) is 4.66. The Morgan fingerprint density at radius 1 is 1.78 bits per heavy atom. The molecule has 5 nitrogen and oxygen atoms in total. The third-order valence-electron chi connectivity index (χ3n) is 3.22. The average molecular weight is 248 g/mol. The van der Waals surface area contributed by atoms with Crippen LogP contribution in [-0.2, 0) is 0 Å². The van der Waals surface area contributed by atoms with E-state index in [0.29, 0.717) is 18.3 Å². The van der Waals surface area contributed by atoms with Crippen LogP contribution in [0.3, 0.4) is 0 Å². The van der Waals surface area contributed by atoms with Gasteiger partial charge in [0.25, 0.3) is 5.91 Å². The summed E-state index contributed by atoms with van der Waals surface area (Å²) in [5.41, 5.74) is 0.505. The first-order chi connectivity index (χ1) is 8.72. The standard InChI is InChI=1S/C13H20N4O/c1-3-8-16(2)13(18)12-6-9-17(15-12)11-5-4-7-14-10-11/h3,6,9,11,14H,1,4-5,7-8,10H2,2H3. The monoisotopic (exact) mass is 248 g/mol. The van der Waals surface area contributed by atoms with Gasteiger partial charge >= 0.3 is 0 Å². The van der Waals surface area contributed by atoms with Crippen LogP contribution in [0.4, 0.5) is 0 Å². The number of hydrogen-bond donors (Lipinski definition) is 1. The van der Waals surface area contributed by atoms with Crippen molar-refractivity contribution < 1.29 is 4.79 Å². The maximum Gasteiger partial charge on any atom is 0.274 e. The van der Waals surface area contributed by atoms with E-state index >= 15 is 0 Å². The summed E-state index contributed by atoms with van der Waals surface area (Å²) in [5.74, 6) is -0.0579. The first-order valence-electron chi connectivity index (χ1n) is 6.34. The van der Waals surface area contributed by atoms with Crippen LogP contribution >= 0.6 is 0 Å². The van der Waals surface area contributed by atoms with Crippen LogP contribution in [0.15, 0.2) is 24.9 Å². The molecule has 98 valence electrons. The Kier molecular flexibility index (Phi) is 4.15. The minimum Gasteiger partial charge on any atom is -0.337 e. The lowest BCUT2D eigenvalue weighted by Gasteiger charge is -2.23. The molecule has 1 atom stereocenters. The molecular weight excluding hydrogens is 228 g/mol. The normalized spacial score (nSPS) is 19.5. The van der Waals surface area contributed by atoms with Gasteiger partial charge in [-0.2, -0.15) is 5.10 Å². The average Bonchev–Trinajstić information content (AvgIpc) is 2.89. The van der Waals surface area contributed by atoms with Crippen molar-refractivity contribution in [3.05, 3.63) is 30.6 Å². The zero-order chi connectivity index (χ0) is 13.0. The summed E-state index contributed by atoms with van der Waals surface area (Å²) in [4.78, 5) is 13.6. The number of carbonyl (C=O) groups excluding carboxylic acids is 1. The molecule has 0 spiro atoms. The minimum atomic E-state index is -0.0579. The molecule has 2 rings (SSSR count). The Morgan fingerprint density at radius 3 is 3.28 bits per heavy atom. The number of nitrogens with one attached hydrogen (secondary N) is 1. The van der Waals surface area contributed by atoms with E-state index in [9.17, 15) is 4.79 Å². The summed E-state index contributed by atoms with van der Waals surface area (Å²) >= 11 is 0. The van der Waals surface area contributed by atoms with Crippen molar-refractivity contribution in [2.75, 3.05) is 26.7 Å². The van der Waals surface area contributed by atoms with Crippen molar-refractivity contribution in [1.82, 2.24) is 20.0 Å². The van der Waals surface area contributed by atoms with E-state index < -0.39 is 0 Å². The van der Waals surface area contributed by atoms with Crippen LogP contribution in [0.5, 0.6) is 0 Å². The maximum atomic E-state index is 12.0. The molecule has 5 heteroatoms. The largest absolute Gasteiger partial charge is 0.337 e. The SMILES string of the molecule is C=CCN(C)C(=O)c1ccn(C2CCCNC2)n1. The molecule has 0 radical (unpaired) electrons. The molecule has 1 N–H and O–H groups in total. The summed E-state index contributed by atoms with van der Waals surface area (Å²) in [6.45, 7) is 6.17. The van der Waals surface area contributed by atoms with E-state index in [-0.39, 0.29) is 5.91 Å². The fraction of sp³-hybridized carbons (Fsp3) is 0.538. The lowest BCUT2D eigenvalue weighted by atomic mass is 10.1. The van der Waals surface area contributed by atoms with Gasteiger partial charge < -0.3 is 10.2 Å². The van der Waals surface area contributed by atoms with Crippen molar-refractivity contribution >= 4 is 5.91 Å².